The zero-order chi connectivity index (χ0) is 34.0. The summed E-state index contributed by atoms with van der Waals surface area (Å²) in [5.41, 5.74) is -1.77. The molecule has 0 aliphatic heterocycles. The lowest BCUT2D eigenvalue weighted by atomic mass is 9.99. The number of carbonyl (C=O) groups is 4. The van der Waals surface area contributed by atoms with Crippen LogP contribution in [0.4, 0.5) is 26.3 Å². The Labute approximate surface area is 257 Å². The van der Waals surface area contributed by atoms with Gasteiger partial charge in [0.05, 0.1) is 17.7 Å². The van der Waals surface area contributed by atoms with Crippen molar-refractivity contribution in [1.29, 1.82) is 0 Å². The molecule has 2 atom stereocenters. The molecule has 2 heterocycles. The molecule has 1 N–H and O–H groups in total. The van der Waals surface area contributed by atoms with Crippen LogP contribution >= 0.6 is 0 Å². The van der Waals surface area contributed by atoms with Gasteiger partial charge in [-0.05, 0) is 31.9 Å². The molecule has 0 fully saturated rings. The van der Waals surface area contributed by atoms with Crippen LogP contribution in [0.5, 0.6) is 0 Å². The number of nitrogens with zero attached hydrogens (tertiary/aromatic N) is 4. The maximum Gasteiger partial charge on any atom is 0.305 e. The number of aliphatic carboxylic acids is 1. The summed E-state index contributed by atoms with van der Waals surface area (Å²) in [5.74, 6) is -11.2. The zero-order valence-electron chi connectivity index (χ0n) is 24.0. The van der Waals surface area contributed by atoms with E-state index < -0.39 is 81.6 Å². The number of hydrogen-bond donors (Lipinski definition) is 1. The molecule has 2 aromatic carbocycles. The number of Topliss-reactive ketones (excluding diaryl/α,β-unsaturated/α-hetero) is 2. The third-order valence-corrected chi connectivity index (χ3v) is 6.36. The van der Waals surface area contributed by atoms with Gasteiger partial charge in [0.2, 0.25) is 0 Å². The molecule has 0 saturated heterocycles. The normalized spacial score (nSPS) is 12.1. The van der Waals surface area contributed by atoms with Crippen LogP contribution in [-0.2, 0) is 14.3 Å². The Bertz CT molecular complexity index is 1640. The van der Waals surface area contributed by atoms with Crippen LogP contribution in [0.25, 0.3) is 0 Å². The van der Waals surface area contributed by atoms with Gasteiger partial charge in [-0.3, -0.25) is 28.5 Å². The Morgan fingerprint density at radius 2 is 1.11 bits per heavy atom. The number of rotatable bonds is 13. The third-order valence-electron chi connectivity index (χ3n) is 6.36. The SMILES string of the molecule is CCOC(=O)CCC(C(=O)c1c(F)cc(F)cc1F)n1cccn1.O=C(O)CCC(C(=O)c1c(F)cc(F)cc1F)n1cccn1. The van der Waals surface area contributed by atoms with Gasteiger partial charge in [0.15, 0.2) is 11.6 Å². The molecule has 0 spiro atoms. The smallest absolute Gasteiger partial charge is 0.305 e. The first-order valence-electron chi connectivity index (χ1n) is 13.6. The summed E-state index contributed by atoms with van der Waals surface area (Å²) in [6.07, 6.45) is 4.77. The number of ether oxygens (including phenoxy) is 1. The Kier molecular flexibility index (Phi) is 12.4. The van der Waals surface area contributed by atoms with Gasteiger partial charge in [-0.2, -0.15) is 10.2 Å². The van der Waals surface area contributed by atoms with Crippen molar-refractivity contribution in [3.05, 3.63) is 107 Å². The van der Waals surface area contributed by atoms with Crippen LogP contribution in [-0.4, -0.2) is 54.8 Å². The Morgan fingerprint density at radius 3 is 1.43 bits per heavy atom. The van der Waals surface area contributed by atoms with Crippen LogP contribution in [0.1, 0.15) is 65.4 Å². The Hall–Kier alpha value is -5.28. The zero-order valence-corrected chi connectivity index (χ0v) is 24.0. The van der Waals surface area contributed by atoms with Crippen LogP contribution < -0.4 is 0 Å². The maximum absolute atomic E-state index is 13.9. The molecule has 10 nitrogen and oxygen atoms in total. The first-order valence-corrected chi connectivity index (χ1v) is 13.6. The highest BCUT2D eigenvalue weighted by Gasteiger charge is 2.30. The molecule has 4 rings (SSSR count). The van der Waals surface area contributed by atoms with Gasteiger partial charge in [0.1, 0.15) is 47.0 Å². The highest BCUT2D eigenvalue weighted by Crippen LogP contribution is 2.26. The summed E-state index contributed by atoms with van der Waals surface area (Å²) in [4.78, 5) is 47.1. The van der Waals surface area contributed by atoms with Gasteiger partial charge in [-0.1, -0.05) is 0 Å². The summed E-state index contributed by atoms with van der Waals surface area (Å²) in [6, 6.07) is 2.37. The number of hydrogen-bond acceptors (Lipinski definition) is 7. The quantitative estimate of drug-likeness (QED) is 0.111. The van der Waals surface area contributed by atoms with Crippen molar-refractivity contribution < 1.29 is 55.4 Å². The molecule has 2 unspecified atom stereocenters. The lowest BCUT2D eigenvalue weighted by molar-refractivity contribution is -0.143. The summed E-state index contributed by atoms with van der Waals surface area (Å²) >= 11 is 0. The number of carboxylic acids is 1. The third kappa shape index (κ3) is 9.12. The predicted molar refractivity (Wildman–Crippen MR) is 147 cm³/mol. The van der Waals surface area contributed by atoms with Gasteiger partial charge in [-0.25, -0.2) is 26.3 Å². The van der Waals surface area contributed by atoms with Crippen molar-refractivity contribution in [1.82, 2.24) is 19.6 Å². The number of carbonyl (C=O) groups excluding carboxylic acids is 3. The van der Waals surface area contributed by atoms with Crippen LogP contribution in [0.3, 0.4) is 0 Å². The highest BCUT2D eigenvalue weighted by molar-refractivity contribution is 6.00. The summed E-state index contributed by atoms with van der Waals surface area (Å²) < 4.78 is 88.2. The molecule has 244 valence electrons. The largest absolute Gasteiger partial charge is 0.481 e. The molecular weight excluding hydrogens is 626 g/mol. The number of aromatic nitrogens is 4. The Morgan fingerprint density at radius 1 is 0.717 bits per heavy atom. The van der Waals surface area contributed by atoms with E-state index in [1.165, 1.54) is 41.6 Å². The van der Waals surface area contributed by atoms with Crippen LogP contribution in [0, 0.1) is 34.9 Å². The molecule has 0 aliphatic carbocycles. The second kappa shape index (κ2) is 16.2. The highest BCUT2D eigenvalue weighted by atomic mass is 19.2. The van der Waals surface area contributed by atoms with Crippen LogP contribution in [0.15, 0.2) is 61.2 Å². The number of halogens is 6. The second-order valence-corrected chi connectivity index (χ2v) is 9.50. The topological polar surface area (TPSA) is 133 Å². The monoisotopic (exact) mass is 652 g/mol. The molecule has 16 heteroatoms. The van der Waals surface area contributed by atoms with Gasteiger partial charge in [-0.15, -0.1) is 0 Å². The minimum Gasteiger partial charge on any atom is -0.481 e. The van der Waals surface area contributed by atoms with Crippen LogP contribution in [0.2, 0.25) is 0 Å². The van der Waals surface area contributed by atoms with E-state index in [1.807, 2.05) is 0 Å². The van der Waals surface area contributed by atoms with Crippen molar-refractivity contribution in [3.63, 3.8) is 0 Å². The van der Waals surface area contributed by atoms with Crippen molar-refractivity contribution in [2.75, 3.05) is 6.61 Å². The molecule has 4 aromatic rings. The number of carboxylic acid groups (broad SMARTS) is 1. The summed E-state index contributed by atoms with van der Waals surface area (Å²) in [6.45, 7) is 1.82. The number of benzene rings is 2. The van der Waals surface area contributed by atoms with E-state index >= 15 is 0 Å². The average Bonchev–Trinajstić information content (AvgIpc) is 3.68. The number of esters is 1. The molecule has 0 bridgehead atoms. The first kappa shape index (κ1) is 35.2. The van der Waals surface area contributed by atoms with Gasteiger partial charge < -0.3 is 9.84 Å². The standard InChI is InChI=1S/C16H15F3N2O3.C14H11F3N2O3/c1-2-24-14(22)5-4-13(21-7-3-6-20-21)16(23)15-11(18)8-10(17)9-12(15)19;15-8-6-9(16)13(10(17)7-8)14(22)11(2-3-12(20)21)19-5-1-4-18-19/h3,6-9,13H,2,4-5H2,1H3;1,4-7,11H,2-3H2,(H,20,21). The molecule has 46 heavy (non-hydrogen) atoms. The lowest BCUT2D eigenvalue weighted by Crippen LogP contribution is -2.24. The van der Waals surface area contributed by atoms with Crippen molar-refractivity contribution in [3.8, 4) is 0 Å². The molecule has 0 aliphatic rings. The van der Waals surface area contributed by atoms with E-state index in [0.29, 0.717) is 24.3 Å². The van der Waals surface area contributed by atoms with Gasteiger partial charge >= 0.3 is 11.9 Å². The maximum atomic E-state index is 13.9. The van der Waals surface area contributed by atoms with Crippen molar-refractivity contribution in [2.24, 2.45) is 0 Å². The molecule has 0 saturated carbocycles. The minimum atomic E-state index is -1.34. The summed E-state index contributed by atoms with van der Waals surface area (Å²) in [5, 5.41) is 16.4. The fourth-order valence-corrected chi connectivity index (χ4v) is 4.33. The predicted octanol–water partition coefficient (Wildman–Crippen LogP) is 5.66. The van der Waals surface area contributed by atoms with Gasteiger partial charge in [0, 0.05) is 61.9 Å². The minimum absolute atomic E-state index is 0.0599. The first-order chi connectivity index (χ1) is 21.8. The fraction of sp³-hybridized carbons (Fsp3) is 0.267. The molecular formula is C30H26F6N4O6. The summed E-state index contributed by atoms with van der Waals surface area (Å²) in [7, 11) is 0. The van der Waals surface area contributed by atoms with Crippen molar-refractivity contribution >= 4 is 23.5 Å². The van der Waals surface area contributed by atoms with Crippen molar-refractivity contribution in [2.45, 2.75) is 44.7 Å². The molecule has 0 radical (unpaired) electrons. The number of ketones is 2. The van der Waals surface area contributed by atoms with Gasteiger partial charge in [0.25, 0.3) is 0 Å². The van der Waals surface area contributed by atoms with E-state index in [9.17, 15) is 45.5 Å². The van der Waals surface area contributed by atoms with E-state index in [-0.39, 0.29) is 32.3 Å². The second-order valence-electron chi connectivity index (χ2n) is 9.50. The lowest BCUT2D eigenvalue weighted by Gasteiger charge is -2.17. The Balaban J connectivity index is 0.000000251. The fourth-order valence-electron chi connectivity index (χ4n) is 4.33. The average molecular weight is 653 g/mol. The van der Waals surface area contributed by atoms with E-state index in [4.69, 9.17) is 9.84 Å². The van der Waals surface area contributed by atoms with E-state index in [2.05, 4.69) is 10.2 Å². The molecule has 2 aromatic heterocycles. The van der Waals surface area contributed by atoms with E-state index in [0.717, 1.165) is 4.68 Å². The van der Waals surface area contributed by atoms with E-state index in [1.54, 1.807) is 6.92 Å². The molecule has 0 amide bonds.